The standard InChI is InChI=1S/C10H17N3O5S/c1-10(2,3)18-9(14)12-4-8-7(13-6-17-8)5-19(11,15)16/h6H,4-5H2,1-3H3,(H,12,14)(H2,11,15,16). The average molecular weight is 291 g/mol. The number of amides is 1. The number of carbonyl (C=O) groups is 1. The van der Waals surface area contributed by atoms with Gasteiger partial charge >= 0.3 is 6.09 Å². The first-order chi connectivity index (χ1) is 8.57. The number of nitrogens with two attached hydrogens (primary N) is 1. The maximum absolute atomic E-state index is 11.4. The van der Waals surface area contributed by atoms with Gasteiger partial charge in [-0.3, -0.25) is 0 Å². The van der Waals surface area contributed by atoms with Crippen LogP contribution < -0.4 is 10.5 Å². The van der Waals surface area contributed by atoms with Crippen LogP contribution in [0, 0.1) is 0 Å². The molecule has 0 bridgehead atoms. The predicted octanol–water partition coefficient (Wildman–Crippen LogP) is 0.488. The number of sulfonamides is 1. The van der Waals surface area contributed by atoms with Crippen molar-refractivity contribution in [3.05, 3.63) is 17.8 Å². The zero-order valence-corrected chi connectivity index (χ0v) is 11.8. The summed E-state index contributed by atoms with van der Waals surface area (Å²) in [5.41, 5.74) is -0.451. The third-order valence-corrected chi connectivity index (χ3v) is 2.53. The molecule has 0 aliphatic rings. The lowest BCUT2D eigenvalue weighted by molar-refractivity contribution is 0.0520. The van der Waals surface area contributed by atoms with Gasteiger partial charge in [-0.05, 0) is 20.8 Å². The molecule has 0 atom stereocenters. The average Bonchev–Trinajstić information content (AvgIpc) is 2.56. The zero-order valence-electron chi connectivity index (χ0n) is 11.0. The summed E-state index contributed by atoms with van der Waals surface area (Å²) >= 11 is 0. The van der Waals surface area contributed by atoms with E-state index in [-0.39, 0.29) is 18.0 Å². The quantitative estimate of drug-likeness (QED) is 0.831. The minimum Gasteiger partial charge on any atom is -0.446 e. The number of primary sulfonamides is 1. The van der Waals surface area contributed by atoms with Crippen molar-refractivity contribution in [2.75, 3.05) is 0 Å². The Kier molecular flexibility index (Phi) is 4.53. The first-order valence-corrected chi connectivity index (χ1v) is 7.17. The molecule has 0 unspecified atom stereocenters. The third-order valence-electron chi connectivity index (χ3n) is 1.86. The molecule has 0 spiro atoms. The van der Waals surface area contributed by atoms with Gasteiger partial charge in [0.25, 0.3) is 0 Å². The van der Waals surface area contributed by atoms with Crippen molar-refractivity contribution in [1.29, 1.82) is 0 Å². The summed E-state index contributed by atoms with van der Waals surface area (Å²) in [5, 5.41) is 7.35. The number of hydrogen-bond donors (Lipinski definition) is 2. The third kappa shape index (κ3) is 6.20. The molecule has 0 saturated carbocycles. The van der Waals surface area contributed by atoms with E-state index in [9.17, 15) is 13.2 Å². The highest BCUT2D eigenvalue weighted by molar-refractivity contribution is 7.88. The van der Waals surface area contributed by atoms with Crippen molar-refractivity contribution >= 4 is 16.1 Å². The lowest BCUT2D eigenvalue weighted by Crippen LogP contribution is -2.32. The molecular weight excluding hydrogens is 274 g/mol. The van der Waals surface area contributed by atoms with E-state index < -0.39 is 27.5 Å². The summed E-state index contributed by atoms with van der Waals surface area (Å²) in [6, 6.07) is 0. The monoisotopic (exact) mass is 291 g/mol. The SMILES string of the molecule is CC(C)(C)OC(=O)NCc1ocnc1CS(N)(=O)=O. The van der Waals surface area contributed by atoms with Gasteiger partial charge in [0.05, 0.1) is 6.54 Å². The highest BCUT2D eigenvalue weighted by atomic mass is 32.2. The van der Waals surface area contributed by atoms with Crippen LogP contribution in [-0.2, 0) is 27.1 Å². The van der Waals surface area contributed by atoms with Gasteiger partial charge in [0, 0.05) is 0 Å². The molecule has 0 saturated heterocycles. The second-order valence-electron chi connectivity index (χ2n) is 4.88. The molecule has 0 fully saturated rings. The number of nitrogens with zero attached hydrogens (tertiary/aromatic N) is 1. The first kappa shape index (κ1) is 15.4. The number of hydrogen-bond acceptors (Lipinski definition) is 6. The fourth-order valence-electron chi connectivity index (χ4n) is 1.21. The zero-order chi connectivity index (χ0) is 14.7. The summed E-state index contributed by atoms with van der Waals surface area (Å²) in [4.78, 5) is 15.1. The van der Waals surface area contributed by atoms with Crippen LogP contribution in [-0.4, -0.2) is 25.1 Å². The molecule has 108 valence electrons. The Morgan fingerprint density at radius 2 is 2.16 bits per heavy atom. The van der Waals surface area contributed by atoms with Crippen LogP contribution in [0.3, 0.4) is 0 Å². The molecule has 19 heavy (non-hydrogen) atoms. The summed E-state index contributed by atoms with van der Waals surface area (Å²) in [6.45, 7) is 5.16. The van der Waals surface area contributed by atoms with Gasteiger partial charge in [-0.1, -0.05) is 0 Å². The Balaban J connectivity index is 2.60. The van der Waals surface area contributed by atoms with E-state index in [2.05, 4.69) is 10.3 Å². The molecule has 9 heteroatoms. The molecule has 8 nitrogen and oxygen atoms in total. The fraction of sp³-hybridized carbons (Fsp3) is 0.600. The Labute approximate surface area is 111 Å². The van der Waals surface area contributed by atoms with Crippen molar-refractivity contribution in [1.82, 2.24) is 10.3 Å². The van der Waals surface area contributed by atoms with Crippen molar-refractivity contribution in [3.8, 4) is 0 Å². The number of ether oxygens (including phenoxy) is 1. The van der Waals surface area contributed by atoms with E-state index in [0.29, 0.717) is 0 Å². The molecule has 0 radical (unpaired) electrons. The number of carbonyl (C=O) groups excluding carboxylic acids is 1. The van der Waals surface area contributed by atoms with E-state index in [1.165, 1.54) is 0 Å². The van der Waals surface area contributed by atoms with Gasteiger partial charge in [-0.2, -0.15) is 0 Å². The van der Waals surface area contributed by atoms with Gasteiger partial charge in [-0.15, -0.1) is 0 Å². The van der Waals surface area contributed by atoms with Gasteiger partial charge < -0.3 is 14.5 Å². The number of rotatable bonds is 4. The highest BCUT2D eigenvalue weighted by Gasteiger charge is 2.18. The van der Waals surface area contributed by atoms with Crippen molar-refractivity contribution in [2.24, 2.45) is 5.14 Å². The van der Waals surface area contributed by atoms with Crippen molar-refractivity contribution < 1.29 is 22.4 Å². The molecule has 1 amide bonds. The van der Waals surface area contributed by atoms with Crippen LogP contribution in [0.25, 0.3) is 0 Å². The van der Waals surface area contributed by atoms with Crippen molar-refractivity contribution in [3.63, 3.8) is 0 Å². The summed E-state index contributed by atoms with van der Waals surface area (Å²) in [5.74, 6) is -0.227. The topological polar surface area (TPSA) is 125 Å². The van der Waals surface area contributed by atoms with Crippen LogP contribution in [0.2, 0.25) is 0 Å². The second-order valence-corrected chi connectivity index (χ2v) is 6.50. The molecule has 1 rings (SSSR count). The summed E-state index contributed by atoms with van der Waals surface area (Å²) < 4.78 is 31.9. The Morgan fingerprint density at radius 3 is 2.68 bits per heavy atom. The molecule has 1 aromatic rings. The van der Waals surface area contributed by atoms with E-state index in [4.69, 9.17) is 14.3 Å². The number of aromatic nitrogens is 1. The summed E-state index contributed by atoms with van der Waals surface area (Å²) in [6.07, 6.45) is 0.456. The molecule has 0 aliphatic heterocycles. The maximum Gasteiger partial charge on any atom is 0.408 e. The van der Waals surface area contributed by atoms with Crippen molar-refractivity contribution in [2.45, 2.75) is 38.7 Å². The van der Waals surface area contributed by atoms with E-state index in [1.807, 2.05) is 0 Å². The van der Waals surface area contributed by atoms with Crippen LogP contribution in [0.1, 0.15) is 32.2 Å². The van der Waals surface area contributed by atoms with Gasteiger partial charge in [0.2, 0.25) is 10.0 Å². The summed E-state index contributed by atoms with van der Waals surface area (Å²) in [7, 11) is -3.70. The van der Waals surface area contributed by atoms with Crippen LogP contribution in [0.5, 0.6) is 0 Å². The van der Waals surface area contributed by atoms with Crippen LogP contribution in [0.4, 0.5) is 4.79 Å². The Bertz CT molecular complexity index is 544. The smallest absolute Gasteiger partial charge is 0.408 e. The largest absolute Gasteiger partial charge is 0.446 e. The number of oxazole rings is 1. The van der Waals surface area contributed by atoms with Gasteiger partial charge in [0.15, 0.2) is 6.39 Å². The first-order valence-electron chi connectivity index (χ1n) is 5.45. The Morgan fingerprint density at radius 1 is 1.53 bits per heavy atom. The normalized spacial score (nSPS) is 12.2. The highest BCUT2D eigenvalue weighted by Crippen LogP contribution is 2.10. The molecule has 1 aromatic heterocycles. The molecule has 0 aliphatic carbocycles. The number of alkyl carbamates (subject to hydrolysis) is 1. The fourth-order valence-corrected chi connectivity index (χ4v) is 1.83. The minimum absolute atomic E-state index is 0.0280. The van der Waals surface area contributed by atoms with Gasteiger partial charge in [0.1, 0.15) is 22.8 Å². The van der Waals surface area contributed by atoms with Gasteiger partial charge in [-0.25, -0.2) is 23.3 Å². The van der Waals surface area contributed by atoms with Crippen LogP contribution >= 0.6 is 0 Å². The Hall–Kier alpha value is -1.61. The molecule has 1 heterocycles. The predicted molar refractivity (Wildman–Crippen MR) is 66.4 cm³/mol. The van der Waals surface area contributed by atoms with Crippen LogP contribution in [0.15, 0.2) is 10.8 Å². The maximum atomic E-state index is 11.4. The lowest BCUT2D eigenvalue weighted by Gasteiger charge is -2.19. The van der Waals surface area contributed by atoms with E-state index in [0.717, 1.165) is 6.39 Å². The van der Waals surface area contributed by atoms with E-state index in [1.54, 1.807) is 20.8 Å². The minimum atomic E-state index is -3.70. The molecular formula is C10H17N3O5S. The lowest BCUT2D eigenvalue weighted by atomic mass is 10.2. The van der Waals surface area contributed by atoms with E-state index >= 15 is 0 Å². The molecule has 3 N–H and O–H groups in total. The number of nitrogens with one attached hydrogen (secondary N) is 1. The second kappa shape index (κ2) is 5.57. The molecule has 0 aromatic carbocycles.